The van der Waals surface area contributed by atoms with E-state index in [1.54, 1.807) is 13.8 Å². The van der Waals surface area contributed by atoms with E-state index in [4.69, 9.17) is 9.15 Å². The number of hydrogen-bond acceptors (Lipinski definition) is 5. The highest BCUT2D eigenvalue weighted by Crippen LogP contribution is 2.30. The summed E-state index contributed by atoms with van der Waals surface area (Å²) < 4.78 is 11.6. The van der Waals surface area contributed by atoms with Crippen molar-refractivity contribution in [2.24, 2.45) is 0 Å². The monoisotopic (exact) mass is 366 g/mol. The fourth-order valence-electron chi connectivity index (χ4n) is 2.27. The first kappa shape index (κ1) is 16.7. The second-order valence-electron chi connectivity index (χ2n) is 4.97. The molecule has 118 valence electrons. The molecule has 0 radical (unpaired) electrons. The fourth-order valence-corrected chi connectivity index (χ4v) is 2.83. The van der Waals surface area contributed by atoms with Crippen molar-refractivity contribution in [3.8, 4) is 0 Å². The summed E-state index contributed by atoms with van der Waals surface area (Å²) in [5, 5.41) is 7.95. The van der Waals surface area contributed by atoms with Gasteiger partial charge in [-0.2, -0.15) is 0 Å². The number of ether oxygens (including phenoxy) is 1. The van der Waals surface area contributed by atoms with E-state index in [1.807, 2.05) is 6.07 Å². The van der Waals surface area contributed by atoms with Crippen LogP contribution in [0.3, 0.4) is 0 Å². The van der Waals surface area contributed by atoms with Gasteiger partial charge in [-0.3, -0.25) is 4.79 Å². The van der Waals surface area contributed by atoms with E-state index in [-0.39, 0.29) is 18.3 Å². The summed E-state index contributed by atoms with van der Waals surface area (Å²) in [5.74, 6) is 0.338. The number of rotatable bonds is 6. The molecule has 0 aliphatic heterocycles. The van der Waals surface area contributed by atoms with Crippen LogP contribution in [0.1, 0.15) is 49.1 Å². The first-order valence-electron chi connectivity index (χ1n) is 7.28. The van der Waals surface area contributed by atoms with E-state index in [0.29, 0.717) is 18.4 Å². The van der Waals surface area contributed by atoms with Crippen LogP contribution >= 0.6 is 15.9 Å². The molecular formula is C16H19BrN2O3. The highest BCUT2D eigenvalue weighted by molar-refractivity contribution is 9.10. The van der Waals surface area contributed by atoms with Crippen LogP contribution in [0.4, 0.5) is 0 Å². The molecule has 1 aromatic heterocycles. The highest BCUT2D eigenvalue weighted by atomic mass is 79.9. The van der Waals surface area contributed by atoms with Crippen LogP contribution in [-0.2, 0) is 16.0 Å². The summed E-state index contributed by atoms with van der Waals surface area (Å²) in [7, 11) is 0. The van der Waals surface area contributed by atoms with Crippen molar-refractivity contribution in [3.63, 3.8) is 0 Å². The number of benzene rings is 1. The molecule has 0 amide bonds. The molecule has 1 atom stereocenters. The van der Waals surface area contributed by atoms with Crippen LogP contribution in [0.25, 0.3) is 0 Å². The van der Waals surface area contributed by atoms with Gasteiger partial charge in [0.05, 0.1) is 18.9 Å². The molecule has 1 aromatic carbocycles. The van der Waals surface area contributed by atoms with Gasteiger partial charge in [0.1, 0.15) is 0 Å². The summed E-state index contributed by atoms with van der Waals surface area (Å²) in [6.45, 7) is 5.96. The maximum atomic E-state index is 11.9. The molecule has 22 heavy (non-hydrogen) atoms. The van der Waals surface area contributed by atoms with Crippen molar-refractivity contribution in [1.29, 1.82) is 0 Å². The number of nitrogens with zero attached hydrogens (tertiary/aromatic N) is 2. The Labute approximate surface area is 138 Å². The van der Waals surface area contributed by atoms with Crippen molar-refractivity contribution >= 4 is 21.9 Å². The molecule has 1 heterocycles. The lowest BCUT2D eigenvalue weighted by molar-refractivity contribution is -0.143. The molecule has 1 unspecified atom stereocenters. The Morgan fingerprint density at radius 3 is 2.68 bits per heavy atom. The molecule has 2 rings (SSSR count). The fraction of sp³-hybridized carbons (Fsp3) is 0.438. The van der Waals surface area contributed by atoms with E-state index < -0.39 is 0 Å². The van der Waals surface area contributed by atoms with Gasteiger partial charge in [-0.1, -0.05) is 28.9 Å². The Balaban J connectivity index is 2.39. The normalized spacial score (nSPS) is 12.2. The van der Waals surface area contributed by atoms with Crippen molar-refractivity contribution in [2.45, 2.75) is 39.5 Å². The molecule has 0 spiro atoms. The SMILES string of the molecule is CCOC(=O)CC(c1cc(Br)cc(CC)c1)c1nnc(C)o1. The topological polar surface area (TPSA) is 65.2 Å². The summed E-state index contributed by atoms with van der Waals surface area (Å²) in [4.78, 5) is 11.9. The van der Waals surface area contributed by atoms with E-state index in [0.717, 1.165) is 16.5 Å². The van der Waals surface area contributed by atoms with Gasteiger partial charge < -0.3 is 9.15 Å². The van der Waals surface area contributed by atoms with E-state index in [9.17, 15) is 4.79 Å². The minimum absolute atomic E-state index is 0.176. The van der Waals surface area contributed by atoms with E-state index >= 15 is 0 Å². The minimum Gasteiger partial charge on any atom is -0.466 e. The van der Waals surface area contributed by atoms with Crippen molar-refractivity contribution in [3.05, 3.63) is 45.6 Å². The van der Waals surface area contributed by atoms with Crippen LogP contribution in [0.15, 0.2) is 27.1 Å². The number of carbonyl (C=O) groups excluding carboxylic acids is 1. The van der Waals surface area contributed by atoms with Gasteiger partial charge in [-0.25, -0.2) is 0 Å². The molecule has 0 aliphatic rings. The zero-order valence-electron chi connectivity index (χ0n) is 12.9. The molecule has 5 nitrogen and oxygen atoms in total. The summed E-state index contributed by atoms with van der Waals surface area (Å²) in [6, 6.07) is 6.10. The lowest BCUT2D eigenvalue weighted by Gasteiger charge is -2.14. The minimum atomic E-state index is -0.303. The largest absolute Gasteiger partial charge is 0.466 e. The van der Waals surface area contributed by atoms with Gasteiger partial charge >= 0.3 is 5.97 Å². The number of carbonyl (C=O) groups is 1. The van der Waals surface area contributed by atoms with Gasteiger partial charge in [-0.05, 0) is 36.6 Å². The molecule has 0 saturated carbocycles. The maximum Gasteiger partial charge on any atom is 0.306 e. The van der Waals surface area contributed by atoms with Gasteiger partial charge in [0, 0.05) is 11.4 Å². The van der Waals surface area contributed by atoms with Crippen molar-refractivity contribution in [1.82, 2.24) is 10.2 Å². The lowest BCUT2D eigenvalue weighted by Crippen LogP contribution is -2.12. The van der Waals surface area contributed by atoms with Crippen LogP contribution in [0, 0.1) is 6.92 Å². The third-order valence-electron chi connectivity index (χ3n) is 3.31. The first-order chi connectivity index (χ1) is 10.5. The number of esters is 1. The van der Waals surface area contributed by atoms with Gasteiger partial charge in [0.15, 0.2) is 0 Å². The quantitative estimate of drug-likeness (QED) is 0.727. The van der Waals surface area contributed by atoms with Crippen LogP contribution < -0.4 is 0 Å². The Hall–Kier alpha value is -1.69. The number of halogens is 1. The summed E-state index contributed by atoms with van der Waals surface area (Å²) in [5.41, 5.74) is 2.14. The van der Waals surface area contributed by atoms with Gasteiger partial charge in [-0.15, -0.1) is 10.2 Å². The lowest BCUT2D eigenvalue weighted by atomic mass is 9.93. The van der Waals surface area contributed by atoms with E-state index in [2.05, 4.69) is 45.2 Å². The van der Waals surface area contributed by atoms with Crippen LogP contribution in [-0.4, -0.2) is 22.8 Å². The number of aromatic nitrogens is 2. The van der Waals surface area contributed by atoms with Gasteiger partial charge in [0.25, 0.3) is 0 Å². The zero-order valence-corrected chi connectivity index (χ0v) is 14.5. The molecule has 0 saturated heterocycles. The predicted molar refractivity (Wildman–Crippen MR) is 85.6 cm³/mol. The second-order valence-corrected chi connectivity index (χ2v) is 5.88. The average Bonchev–Trinajstić information content (AvgIpc) is 2.90. The Bertz CT molecular complexity index is 655. The highest BCUT2D eigenvalue weighted by Gasteiger charge is 2.25. The molecule has 0 fully saturated rings. The molecule has 0 N–H and O–H groups in total. The van der Waals surface area contributed by atoms with E-state index in [1.165, 1.54) is 5.56 Å². The number of aryl methyl sites for hydroxylation is 2. The third-order valence-corrected chi connectivity index (χ3v) is 3.76. The molecule has 2 aromatic rings. The van der Waals surface area contributed by atoms with Crippen molar-refractivity contribution < 1.29 is 13.9 Å². The Morgan fingerprint density at radius 2 is 2.09 bits per heavy atom. The third kappa shape index (κ3) is 4.16. The summed E-state index contributed by atoms with van der Waals surface area (Å²) >= 11 is 3.51. The number of hydrogen-bond donors (Lipinski definition) is 0. The zero-order chi connectivity index (χ0) is 16.1. The predicted octanol–water partition coefficient (Wildman–Crippen LogP) is 3.79. The van der Waals surface area contributed by atoms with Crippen molar-refractivity contribution in [2.75, 3.05) is 6.61 Å². The first-order valence-corrected chi connectivity index (χ1v) is 8.07. The Kier molecular flexibility index (Phi) is 5.71. The second kappa shape index (κ2) is 7.54. The molecule has 0 bridgehead atoms. The van der Waals surface area contributed by atoms with Crippen LogP contribution in [0.5, 0.6) is 0 Å². The van der Waals surface area contributed by atoms with Crippen LogP contribution in [0.2, 0.25) is 0 Å². The average molecular weight is 367 g/mol. The maximum absolute atomic E-state index is 11.9. The smallest absolute Gasteiger partial charge is 0.306 e. The molecule has 6 heteroatoms. The molecule has 0 aliphatic carbocycles. The molecular weight excluding hydrogens is 348 g/mol. The van der Waals surface area contributed by atoms with Gasteiger partial charge in [0.2, 0.25) is 11.8 Å². The Morgan fingerprint density at radius 1 is 1.32 bits per heavy atom. The standard InChI is InChI=1S/C16H19BrN2O3/c1-4-11-6-12(8-13(17)7-11)14(9-15(20)21-5-2)16-19-18-10(3)22-16/h6-8,14H,4-5,9H2,1-3H3. The summed E-state index contributed by atoms with van der Waals surface area (Å²) in [6.07, 6.45) is 1.08.